The molecule has 104 valence electrons. The molecule has 0 spiro atoms. The fourth-order valence-corrected chi connectivity index (χ4v) is 1.62. The zero-order chi connectivity index (χ0) is 15.3. The van der Waals surface area contributed by atoms with Crippen molar-refractivity contribution >= 4 is 22.0 Å². The number of carbonyl (C=O) groups is 1. The van der Waals surface area contributed by atoms with E-state index in [1.54, 1.807) is 0 Å². The summed E-state index contributed by atoms with van der Waals surface area (Å²) in [6, 6.07) is 0. The van der Waals surface area contributed by atoms with Crippen LogP contribution in [0.2, 0.25) is 0 Å². The smallest absolute Gasteiger partial charge is 0.328 e. The van der Waals surface area contributed by atoms with Crippen LogP contribution in [0.1, 0.15) is 16.8 Å². The number of H-pyrrole nitrogens is 1. The SMILES string of the molecule is [B]C([B])(OO)C(CCn1cc(C=O)c(=O)[nH]c1=O)OC. The van der Waals surface area contributed by atoms with Crippen molar-refractivity contribution in [3.63, 3.8) is 0 Å². The molecule has 1 atom stereocenters. The first-order chi connectivity index (χ1) is 9.35. The van der Waals surface area contributed by atoms with E-state index in [0.29, 0.717) is 6.29 Å². The van der Waals surface area contributed by atoms with Gasteiger partial charge in [-0.2, -0.15) is 0 Å². The van der Waals surface area contributed by atoms with Gasteiger partial charge in [-0.05, 0) is 6.42 Å². The summed E-state index contributed by atoms with van der Waals surface area (Å²) in [6.07, 6.45) is 0.602. The molecule has 1 aromatic rings. The van der Waals surface area contributed by atoms with Crippen LogP contribution in [-0.4, -0.2) is 55.4 Å². The van der Waals surface area contributed by atoms with Gasteiger partial charge in [0, 0.05) is 25.3 Å². The molecule has 1 aromatic heterocycles. The van der Waals surface area contributed by atoms with Gasteiger partial charge in [0.1, 0.15) is 15.7 Å². The zero-order valence-electron chi connectivity index (χ0n) is 10.7. The van der Waals surface area contributed by atoms with Gasteiger partial charge in [0.05, 0.1) is 11.7 Å². The Labute approximate surface area is 116 Å². The molecule has 0 saturated carbocycles. The lowest BCUT2D eigenvalue weighted by molar-refractivity contribution is -0.291. The van der Waals surface area contributed by atoms with Crippen molar-refractivity contribution < 1.29 is 19.7 Å². The largest absolute Gasteiger partial charge is 0.380 e. The molecule has 1 unspecified atom stereocenters. The highest BCUT2D eigenvalue weighted by molar-refractivity contribution is 6.39. The van der Waals surface area contributed by atoms with Gasteiger partial charge >= 0.3 is 5.69 Å². The van der Waals surface area contributed by atoms with E-state index in [1.807, 2.05) is 4.98 Å². The first kappa shape index (κ1) is 16.4. The Kier molecular flexibility index (Phi) is 5.49. The van der Waals surface area contributed by atoms with Crippen LogP contribution < -0.4 is 11.2 Å². The minimum atomic E-state index is -1.95. The lowest BCUT2D eigenvalue weighted by Crippen LogP contribution is -2.47. The Morgan fingerprint density at radius 3 is 2.70 bits per heavy atom. The Morgan fingerprint density at radius 1 is 1.55 bits per heavy atom. The van der Waals surface area contributed by atoms with Crippen molar-refractivity contribution in [1.29, 1.82) is 0 Å². The minimum Gasteiger partial charge on any atom is -0.380 e. The van der Waals surface area contributed by atoms with Crippen LogP contribution >= 0.6 is 0 Å². The first-order valence-corrected chi connectivity index (χ1v) is 5.57. The van der Waals surface area contributed by atoms with Crippen LogP contribution in [0.5, 0.6) is 0 Å². The van der Waals surface area contributed by atoms with E-state index in [-0.39, 0.29) is 18.5 Å². The number of carbonyl (C=O) groups excluding carboxylic acids is 1. The van der Waals surface area contributed by atoms with Crippen LogP contribution in [-0.2, 0) is 16.2 Å². The fraction of sp³-hybridized carbons (Fsp3) is 0.500. The number of ether oxygens (including phenoxy) is 1. The summed E-state index contributed by atoms with van der Waals surface area (Å²) >= 11 is 0. The summed E-state index contributed by atoms with van der Waals surface area (Å²) in [5, 5.41) is 6.62. The molecule has 1 heterocycles. The van der Waals surface area contributed by atoms with E-state index in [9.17, 15) is 14.4 Å². The van der Waals surface area contributed by atoms with E-state index in [1.165, 1.54) is 7.11 Å². The standard InChI is InChI=1S/C10H12B2N2O6/c1-19-7(10(11,12)20-18)2-3-14-4-6(5-15)8(16)13-9(14)17/h4-5,7,18H,2-3H2,1H3,(H,13,16,17). The third kappa shape index (κ3) is 3.69. The highest BCUT2D eigenvalue weighted by Crippen LogP contribution is 2.13. The average molecular weight is 278 g/mol. The first-order valence-electron chi connectivity index (χ1n) is 5.57. The lowest BCUT2D eigenvalue weighted by Gasteiger charge is -2.31. The molecule has 0 saturated heterocycles. The third-order valence-corrected chi connectivity index (χ3v) is 2.74. The average Bonchev–Trinajstić information content (AvgIpc) is 2.41. The molecule has 8 nitrogen and oxygen atoms in total. The molecule has 0 fully saturated rings. The Hall–Kier alpha value is -1.64. The number of aromatic amines is 1. The minimum absolute atomic E-state index is 0.0362. The molecule has 2 N–H and O–H groups in total. The molecule has 4 radical (unpaired) electrons. The second-order valence-corrected chi connectivity index (χ2v) is 4.11. The van der Waals surface area contributed by atoms with Gasteiger partial charge in [0.25, 0.3) is 5.56 Å². The number of hydrogen-bond donors (Lipinski definition) is 2. The highest BCUT2D eigenvalue weighted by atomic mass is 17.1. The molecule has 0 amide bonds. The summed E-state index contributed by atoms with van der Waals surface area (Å²) in [7, 11) is 12.2. The Morgan fingerprint density at radius 2 is 2.20 bits per heavy atom. The molecule has 20 heavy (non-hydrogen) atoms. The second-order valence-electron chi connectivity index (χ2n) is 4.11. The van der Waals surface area contributed by atoms with E-state index < -0.39 is 22.8 Å². The highest BCUT2D eigenvalue weighted by Gasteiger charge is 2.29. The van der Waals surface area contributed by atoms with Crippen molar-refractivity contribution in [3.8, 4) is 0 Å². The van der Waals surface area contributed by atoms with Crippen molar-refractivity contribution in [2.24, 2.45) is 0 Å². The van der Waals surface area contributed by atoms with Crippen LogP contribution in [0.25, 0.3) is 0 Å². The molecule has 0 aliphatic carbocycles. The fourth-order valence-electron chi connectivity index (χ4n) is 1.62. The van der Waals surface area contributed by atoms with Crippen molar-refractivity contribution in [2.75, 3.05) is 7.11 Å². The van der Waals surface area contributed by atoms with E-state index in [0.717, 1.165) is 10.8 Å². The van der Waals surface area contributed by atoms with Crippen molar-refractivity contribution in [2.45, 2.75) is 24.5 Å². The molecular formula is C10H12B2N2O6. The monoisotopic (exact) mass is 278 g/mol. The summed E-state index contributed by atoms with van der Waals surface area (Å²) in [6.45, 7) is 0.0362. The number of nitrogens with zero attached hydrogens (tertiary/aromatic N) is 1. The van der Waals surface area contributed by atoms with Gasteiger partial charge in [-0.3, -0.25) is 29.3 Å². The number of rotatable bonds is 7. The normalized spacial score (nSPS) is 13.1. The molecule has 10 heteroatoms. The quantitative estimate of drug-likeness (QED) is 0.264. The number of methoxy groups -OCH3 is 1. The van der Waals surface area contributed by atoms with Gasteiger partial charge in [-0.15, -0.1) is 0 Å². The molecule has 0 aliphatic heterocycles. The summed E-state index contributed by atoms with van der Waals surface area (Å²) < 4.78 is 6.04. The maximum atomic E-state index is 11.5. The van der Waals surface area contributed by atoms with Gasteiger partial charge in [0.2, 0.25) is 0 Å². The van der Waals surface area contributed by atoms with Gasteiger partial charge < -0.3 is 4.74 Å². The van der Waals surface area contributed by atoms with Crippen LogP contribution in [0.4, 0.5) is 0 Å². The number of nitrogens with one attached hydrogen (secondary N) is 1. The van der Waals surface area contributed by atoms with Crippen LogP contribution in [0, 0.1) is 0 Å². The Bertz CT molecular complexity index is 582. The van der Waals surface area contributed by atoms with Crippen molar-refractivity contribution in [3.05, 3.63) is 32.6 Å². The van der Waals surface area contributed by atoms with Gasteiger partial charge in [-0.1, -0.05) is 0 Å². The Balaban J connectivity index is 2.92. The summed E-state index contributed by atoms with van der Waals surface area (Å²) in [5.74, 6) is 0. The zero-order valence-corrected chi connectivity index (χ0v) is 10.7. The molecular weight excluding hydrogens is 266 g/mol. The summed E-state index contributed by atoms with van der Waals surface area (Å²) in [4.78, 5) is 39.3. The predicted octanol–water partition coefficient (Wildman–Crippen LogP) is -1.77. The predicted molar refractivity (Wildman–Crippen MR) is 70.1 cm³/mol. The topological polar surface area (TPSA) is 111 Å². The second kappa shape index (κ2) is 6.69. The third-order valence-electron chi connectivity index (χ3n) is 2.74. The van der Waals surface area contributed by atoms with E-state index in [4.69, 9.17) is 25.7 Å². The van der Waals surface area contributed by atoms with Gasteiger partial charge in [-0.25, -0.2) is 4.79 Å². The van der Waals surface area contributed by atoms with Crippen LogP contribution in [0.15, 0.2) is 15.8 Å². The number of aldehydes is 1. The summed E-state index contributed by atoms with van der Waals surface area (Å²) in [5.41, 5.74) is -1.65. The molecule has 0 bridgehead atoms. The molecule has 0 aliphatic rings. The molecule has 1 rings (SSSR count). The number of aromatic nitrogens is 2. The van der Waals surface area contributed by atoms with Crippen LogP contribution in [0.3, 0.4) is 0 Å². The lowest BCUT2D eigenvalue weighted by atomic mass is 9.61. The van der Waals surface area contributed by atoms with Gasteiger partial charge in [0.15, 0.2) is 6.29 Å². The number of hydrogen-bond acceptors (Lipinski definition) is 6. The maximum Gasteiger partial charge on any atom is 0.328 e. The molecule has 0 aromatic carbocycles. The number of aryl methyl sites for hydroxylation is 1. The van der Waals surface area contributed by atoms with Crippen molar-refractivity contribution in [1.82, 2.24) is 9.55 Å². The van der Waals surface area contributed by atoms with E-state index in [2.05, 4.69) is 4.89 Å². The maximum absolute atomic E-state index is 11.5. The van der Waals surface area contributed by atoms with E-state index >= 15 is 0 Å².